The molecule has 0 amide bonds. The quantitative estimate of drug-likeness (QED) is 0.0826. The summed E-state index contributed by atoms with van der Waals surface area (Å²) in [4.78, 5) is 0. The molecule has 0 saturated heterocycles. The number of fused-ring (bicyclic) bond motifs is 2. The first-order valence-electron chi connectivity index (χ1n) is 20.1. The monoisotopic (exact) mass is 732 g/mol. The molecule has 55 heavy (non-hydrogen) atoms. The molecular formula is C49H56N4O2. The van der Waals surface area contributed by atoms with Crippen LogP contribution in [0.3, 0.4) is 0 Å². The molecule has 0 fully saturated rings. The van der Waals surface area contributed by atoms with Crippen molar-refractivity contribution in [3.05, 3.63) is 133 Å². The molecule has 0 aliphatic carbocycles. The van der Waals surface area contributed by atoms with Crippen LogP contribution in [0.5, 0.6) is 11.5 Å². The second kappa shape index (κ2) is 17.9. The van der Waals surface area contributed by atoms with E-state index < -0.39 is 0 Å². The van der Waals surface area contributed by atoms with Crippen LogP contribution in [-0.2, 0) is 0 Å². The van der Waals surface area contributed by atoms with Gasteiger partial charge in [-0.2, -0.15) is 10.2 Å². The maximum Gasteiger partial charge on any atom is 0.147 e. The van der Waals surface area contributed by atoms with Gasteiger partial charge in [0.05, 0.1) is 24.6 Å². The number of azo groups is 2. The molecular weight excluding hydrogens is 677 g/mol. The number of ether oxygens (including phenoxy) is 2. The molecule has 0 heterocycles. The maximum absolute atomic E-state index is 7.06. The Bertz CT molecular complexity index is 2050. The van der Waals surface area contributed by atoms with E-state index >= 15 is 0 Å². The molecule has 6 rings (SSSR count). The minimum absolute atomic E-state index is 0.113. The summed E-state index contributed by atoms with van der Waals surface area (Å²) in [6.45, 7) is 15.2. The molecule has 0 aliphatic heterocycles. The highest BCUT2D eigenvalue weighted by Crippen LogP contribution is 2.63. The Morgan fingerprint density at radius 1 is 0.382 bits per heavy atom. The van der Waals surface area contributed by atoms with E-state index in [0.717, 1.165) is 94.3 Å². The lowest BCUT2D eigenvalue weighted by Gasteiger charge is -2.60. The molecule has 0 saturated carbocycles. The van der Waals surface area contributed by atoms with E-state index in [1.165, 1.54) is 0 Å². The zero-order chi connectivity index (χ0) is 38.7. The van der Waals surface area contributed by atoms with Crippen molar-refractivity contribution in [1.29, 1.82) is 0 Å². The van der Waals surface area contributed by atoms with E-state index in [0.29, 0.717) is 13.2 Å². The highest BCUT2D eigenvalue weighted by atomic mass is 16.5. The van der Waals surface area contributed by atoms with Gasteiger partial charge in [-0.25, -0.2) is 0 Å². The summed E-state index contributed by atoms with van der Waals surface area (Å²) >= 11 is 0. The minimum Gasteiger partial charge on any atom is -0.491 e. The predicted octanol–water partition coefficient (Wildman–Crippen LogP) is 15.7. The molecule has 6 aromatic rings. The summed E-state index contributed by atoms with van der Waals surface area (Å²) in [7, 11) is 0. The molecule has 0 aromatic heterocycles. The van der Waals surface area contributed by atoms with Gasteiger partial charge in [-0.05, 0) is 91.1 Å². The van der Waals surface area contributed by atoms with Gasteiger partial charge in [0.15, 0.2) is 0 Å². The zero-order valence-electron chi connectivity index (χ0n) is 33.5. The molecule has 0 radical (unpaired) electrons. The van der Waals surface area contributed by atoms with Crippen LogP contribution in [0.2, 0.25) is 0 Å². The van der Waals surface area contributed by atoms with Crippen LogP contribution in [0.4, 0.5) is 22.7 Å². The van der Waals surface area contributed by atoms with Gasteiger partial charge < -0.3 is 9.47 Å². The molecule has 6 aromatic carbocycles. The molecule has 0 atom stereocenters. The number of hydrogen-bond acceptors (Lipinski definition) is 6. The topological polar surface area (TPSA) is 67.9 Å². The van der Waals surface area contributed by atoms with Gasteiger partial charge in [-0.1, -0.05) is 139 Å². The van der Waals surface area contributed by atoms with Crippen LogP contribution in [0, 0.1) is 16.2 Å². The third-order valence-corrected chi connectivity index (χ3v) is 12.7. The number of nitrogens with zero attached hydrogens (tertiary/aromatic N) is 4. The van der Waals surface area contributed by atoms with E-state index in [1.54, 1.807) is 0 Å². The summed E-state index contributed by atoms with van der Waals surface area (Å²) in [5, 5.41) is 23.2. The van der Waals surface area contributed by atoms with E-state index in [2.05, 4.69) is 125 Å². The largest absolute Gasteiger partial charge is 0.491 e. The molecule has 0 aliphatic rings. The smallest absolute Gasteiger partial charge is 0.147 e. The first-order valence-corrected chi connectivity index (χ1v) is 20.1. The van der Waals surface area contributed by atoms with Crippen molar-refractivity contribution in [1.82, 2.24) is 0 Å². The summed E-state index contributed by atoms with van der Waals surface area (Å²) < 4.78 is 14.1. The van der Waals surface area contributed by atoms with Crippen molar-refractivity contribution in [2.45, 2.75) is 80.1 Å². The first kappa shape index (κ1) is 39.3. The normalized spacial score (nSPS) is 12.6. The standard InChI is InChI=1S/C49H56N4O2/c1-7-47(8-2,35-54-43-33-31-37-23-19-21-29-41(37)45(43)52-50-39-25-15-13-16-26-39)49(11-5,12-6)48(9-3,10-4)36-55-44-34-32-38-24-20-22-30-42(38)46(44)53-51-40-27-17-14-18-28-40/h13-34H,7-12,35-36H2,1-6H3. The molecule has 0 spiro atoms. The lowest BCUT2D eigenvalue weighted by molar-refractivity contribution is -0.142. The first-order chi connectivity index (χ1) is 26.9. The fourth-order valence-electron chi connectivity index (χ4n) is 9.40. The molecule has 6 heteroatoms. The molecule has 284 valence electrons. The van der Waals surface area contributed by atoms with Crippen molar-refractivity contribution < 1.29 is 9.47 Å². The number of hydrogen-bond donors (Lipinski definition) is 0. The Morgan fingerprint density at radius 3 is 1.11 bits per heavy atom. The van der Waals surface area contributed by atoms with Crippen LogP contribution in [-0.4, -0.2) is 13.2 Å². The summed E-state index contributed by atoms with van der Waals surface area (Å²) in [6.07, 6.45) is 5.86. The van der Waals surface area contributed by atoms with Crippen LogP contribution in [0.1, 0.15) is 80.1 Å². The lowest BCUT2D eigenvalue weighted by atomic mass is 9.45. The van der Waals surface area contributed by atoms with E-state index in [-0.39, 0.29) is 16.2 Å². The fraction of sp³-hybridized carbons (Fsp3) is 0.347. The Hall–Kier alpha value is -5.36. The van der Waals surface area contributed by atoms with Crippen molar-refractivity contribution in [2.24, 2.45) is 36.7 Å². The summed E-state index contributed by atoms with van der Waals surface area (Å²) in [5.41, 5.74) is 2.69. The number of benzene rings is 6. The highest BCUT2D eigenvalue weighted by Gasteiger charge is 2.58. The van der Waals surface area contributed by atoms with Crippen LogP contribution in [0.25, 0.3) is 21.5 Å². The second-order valence-corrected chi connectivity index (χ2v) is 14.7. The van der Waals surface area contributed by atoms with E-state index in [9.17, 15) is 0 Å². The Labute approximate surface area is 327 Å². The zero-order valence-corrected chi connectivity index (χ0v) is 33.5. The molecule has 0 N–H and O–H groups in total. The van der Waals surface area contributed by atoms with Gasteiger partial charge in [0.1, 0.15) is 22.9 Å². The van der Waals surface area contributed by atoms with Crippen LogP contribution in [0.15, 0.2) is 154 Å². The Morgan fingerprint density at radius 2 is 0.745 bits per heavy atom. The van der Waals surface area contributed by atoms with Crippen LogP contribution >= 0.6 is 0 Å². The van der Waals surface area contributed by atoms with Gasteiger partial charge in [-0.3, -0.25) is 0 Å². The van der Waals surface area contributed by atoms with Crippen LogP contribution < -0.4 is 9.47 Å². The second-order valence-electron chi connectivity index (χ2n) is 14.7. The van der Waals surface area contributed by atoms with Gasteiger partial charge in [0, 0.05) is 21.6 Å². The van der Waals surface area contributed by atoms with Gasteiger partial charge in [0.25, 0.3) is 0 Å². The maximum atomic E-state index is 7.06. The highest BCUT2D eigenvalue weighted by molar-refractivity contribution is 5.96. The van der Waals surface area contributed by atoms with Crippen molar-refractivity contribution in [3.63, 3.8) is 0 Å². The van der Waals surface area contributed by atoms with Gasteiger partial charge in [0.2, 0.25) is 0 Å². The molecule has 0 unspecified atom stereocenters. The van der Waals surface area contributed by atoms with Gasteiger partial charge in [-0.15, -0.1) is 10.2 Å². The van der Waals surface area contributed by atoms with Gasteiger partial charge >= 0.3 is 0 Å². The molecule has 6 nitrogen and oxygen atoms in total. The van der Waals surface area contributed by atoms with Crippen molar-refractivity contribution in [3.8, 4) is 11.5 Å². The average molecular weight is 733 g/mol. The average Bonchev–Trinajstić information content (AvgIpc) is 3.25. The SMILES string of the molecule is CCC(CC)(COc1ccc2ccccc2c1N=Nc1ccccc1)C(CC)(CC)C(CC)(CC)COc1ccc2ccccc2c1N=Nc1ccccc1. The number of rotatable bonds is 18. The summed E-state index contributed by atoms with van der Waals surface area (Å²) in [6, 6.07) is 44.8. The van der Waals surface area contributed by atoms with Crippen molar-refractivity contribution >= 4 is 44.3 Å². The summed E-state index contributed by atoms with van der Waals surface area (Å²) in [5.74, 6) is 1.51. The third-order valence-electron chi connectivity index (χ3n) is 12.7. The Kier molecular flexibility index (Phi) is 12.8. The van der Waals surface area contributed by atoms with Crippen molar-refractivity contribution in [2.75, 3.05) is 13.2 Å². The van der Waals surface area contributed by atoms with E-state index in [4.69, 9.17) is 19.7 Å². The fourth-order valence-corrected chi connectivity index (χ4v) is 9.40. The predicted molar refractivity (Wildman–Crippen MR) is 229 cm³/mol. The third kappa shape index (κ3) is 7.78. The Balaban J connectivity index is 1.37. The molecule has 0 bridgehead atoms. The minimum atomic E-state index is -0.162. The van der Waals surface area contributed by atoms with E-state index in [1.807, 2.05) is 60.7 Å². The lowest BCUT2D eigenvalue weighted by Crippen LogP contribution is -2.57.